The minimum absolute atomic E-state index is 0.179. The zero-order valence-electron chi connectivity index (χ0n) is 8.73. The Balaban J connectivity index is 2.22. The topological polar surface area (TPSA) is 37.3 Å². The summed E-state index contributed by atoms with van der Waals surface area (Å²) in [4.78, 5) is 11.1. The number of rotatable bonds is 2. The summed E-state index contributed by atoms with van der Waals surface area (Å²) in [5, 5.41) is 9.17. The second-order valence-electron chi connectivity index (χ2n) is 4.25. The molecule has 1 N–H and O–H groups in total. The summed E-state index contributed by atoms with van der Waals surface area (Å²) in [5.41, 5.74) is 1.18. The van der Waals surface area contributed by atoms with Crippen molar-refractivity contribution >= 4 is 5.97 Å². The van der Waals surface area contributed by atoms with Gasteiger partial charge in [0.25, 0.3) is 0 Å². The van der Waals surface area contributed by atoms with Crippen molar-refractivity contribution in [2.75, 3.05) is 0 Å². The van der Waals surface area contributed by atoms with Crippen molar-refractivity contribution in [3.63, 3.8) is 0 Å². The van der Waals surface area contributed by atoms with E-state index in [-0.39, 0.29) is 11.8 Å². The number of carboxylic acid groups (broad SMARTS) is 1. The van der Waals surface area contributed by atoms with Crippen LogP contribution in [0, 0.1) is 5.92 Å². The van der Waals surface area contributed by atoms with Crippen molar-refractivity contribution in [1.82, 2.24) is 0 Å². The summed E-state index contributed by atoms with van der Waals surface area (Å²) in [6, 6.07) is 10.0. The van der Waals surface area contributed by atoms with E-state index < -0.39 is 5.97 Å². The minimum atomic E-state index is -0.636. The first-order valence-electron chi connectivity index (χ1n) is 5.57. The Morgan fingerprint density at radius 1 is 1.13 bits per heavy atom. The van der Waals surface area contributed by atoms with Crippen LogP contribution in [0.4, 0.5) is 0 Å². The third kappa shape index (κ3) is 2.20. The fraction of sp³-hybridized carbons (Fsp3) is 0.462. The highest BCUT2D eigenvalue weighted by molar-refractivity contribution is 5.71. The zero-order valence-corrected chi connectivity index (χ0v) is 8.73. The first-order chi connectivity index (χ1) is 7.29. The van der Waals surface area contributed by atoms with E-state index in [9.17, 15) is 4.79 Å². The molecule has 80 valence electrons. The van der Waals surface area contributed by atoms with E-state index in [2.05, 4.69) is 0 Å². The molecule has 15 heavy (non-hydrogen) atoms. The molecule has 0 aromatic heterocycles. The highest BCUT2D eigenvalue weighted by Gasteiger charge is 2.31. The van der Waals surface area contributed by atoms with Gasteiger partial charge in [-0.25, -0.2) is 0 Å². The van der Waals surface area contributed by atoms with Crippen molar-refractivity contribution in [2.45, 2.75) is 31.6 Å². The maximum Gasteiger partial charge on any atom is 0.307 e. The highest BCUT2D eigenvalue weighted by Crippen LogP contribution is 2.37. The summed E-state index contributed by atoms with van der Waals surface area (Å²) in [5.74, 6) is -0.595. The van der Waals surface area contributed by atoms with Gasteiger partial charge >= 0.3 is 5.97 Å². The largest absolute Gasteiger partial charge is 0.481 e. The molecule has 1 aromatic rings. The molecule has 0 heterocycles. The Morgan fingerprint density at radius 2 is 1.80 bits per heavy atom. The summed E-state index contributed by atoms with van der Waals surface area (Å²) >= 11 is 0. The van der Waals surface area contributed by atoms with Gasteiger partial charge in [-0.2, -0.15) is 0 Å². The van der Waals surface area contributed by atoms with Gasteiger partial charge in [0.05, 0.1) is 5.92 Å². The number of carbonyl (C=O) groups is 1. The lowest BCUT2D eigenvalue weighted by molar-refractivity contribution is -0.143. The van der Waals surface area contributed by atoms with Crippen molar-refractivity contribution in [1.29, 1.82) is 0 Å². The van der Waals surface area contributed by atoms with Crippen LogP contribution in [0.5, 0.6) is 0 Å². The Bertz CT molecular complexity index is 332. The van der Waals surface area contributed by atoms with Gasteiger partial charge in [0, 0.05) is 0 Å². The number of hydrogen-bond donors (Lipinski definition) is 1. The number of hydrogen-bond acceptors (Lipinski definition) is 1. The molecule has 2 rings (SSSR count). The van der Waals surface area contributed by atoms with Crippen molar-refractivity contribution in [3.8, 4) is 0 Å². The van der Waals surface area contributed by atoms with Gasteiger partial charge in [-0.05, 0) is 24.3 Å². The molecule has 2 nitrogen and oxygen atoms in total. The Labute approximate surface area is 89.9 Å². The molecule has 0 unspecified atom stereocenters. The van der Waals surface area contributed by atoms with E-state index in [1.807, 2.05) is 30.3 Å². The van der Waals surface area contributed by atoms with E-state index in [1.165, 1.54) is 5.56 Å². The molecule has 0 radical (unpaired) electrons. The molecule has 2 atom stereocenters. The average molecular weight is 204 g/mol. The molecule has 0 aliphatic heterocycles. The van der Waals surface area contributed by atoms with Crippen LogP contribution in [0.1, 0.15) is 37.2 Å². The Morgan fingerprint density at radius 3 is 2.47 bits per heavy atom. The quantitative estimate of drug-likeness (QED) is 0.804. The molecule has 0 saturated heterocycles. The first-order valence-corrected chi connectivity index (χ1v) is 5.57. The number of aliphatic carboxylic acids is 1. The number of carboxylic acids is 1. The van der Waals surface area contributed by atoms with E-state index in [1.54, 1.807) is 0 Å². The molecule has 0 spiro atoms. The normalized spacial score (nSPS) is 26.1. The van der Waals surface area contributed by atoms with Gasteiger partial charge in [-0.15, -0.1) is 0 Å². The van der Waals surface area contributed by atoms with Crippen LogP contribution in [-0.4, -0.2) is 11.1 Å². The molecule has 1 aromatic carbocycles. The van der Waals surface area contributed by atoms with E-state index in [0.717, 1.165) is 25.7 Å². The lowest BCUT2D eigenvalue weighted by atomic mass is 9.75. The summed E-state index contributed by atoms with van der Waals surface area (Å²) in [7, 11) is 0. The van der Waals surface area contributed by atoms with Gasteiger partial charge in [0.1, 0.15) is 0 Å². The van der Waals surface area contributed by atoms with Crippen LogP contribution in [0.2, 0.25) is 0 Å². The Kier molecular flexibility index (Phi) is 3.05. The second kappa shape index (κ2) is 4.47. The van der Waals surface area contributed by atoms with Crippen LogP contribution in [0.25, 0.3) is 0 Å². The average Bonchev–Trinajstić information content (AvgIpc) is 2.30. The van der Waals surface area contributed by atoms with Gasteiger partial charge in [-0.3, -0.25) is 4.79 Å². The molecular weight excluding hydrogens is 188 g/mol. The van der Waals surface area contributed by atoms with Crippen LogP contribution in [0.3, 0.4) is 0 Å². The van der Waals surface area contributed by atoms with Crippen LogP contribution in [-0.2, 0) is 4.79 Å². The SMILES string of the molecule is O=C(O)[C@H]1CCCC[C@@H]1c1ccccc1. The molecular formula is C13H16O2. The monoisotopic (exact) mass is 204 g/mol. The summed E-state index contributed by atoms with van der Waals surface area (Å²) in [6.07, 6.45) is 4.06. The Hall–Kier alpha value is -1.31. The zero-order chi connectivity index (χ0) is 10.7. The van der Waals surface area contributed by atoms with Crippen LogP contribution < -0.4 is 0 Å². The maximum absolute atomic E-state index is 11.1. The van der Waals surface area contributed by atoms with Gasteiger partial charge < -0.3 is 5.11 Å². The van der Waals surface area contributed by atoms with E-state index in [4.69, 9.17) is 5.11 Å². The first kappa shape index (κ1) is 10.2. The molecule has 0 amide bonds. The standard InChI is InChI=1S/C13H16O2/c14-13(15)12-9-5-4-8-11(12)10-6-2-1-3-7-10/h1-3,6-7,11-12H,4-5,8-9H2,(H,14,15)/t11-,12+/m1/s1. The van der Waals surface area contributed by atoms with Crippen molar-refractivity contribution in [3.05, 3.63) is 35.9 Å². The molecule has 2 heteroatoms. The fourth-order valence-corrected chi connectivity index (χ4v) is 2.53. The number of benzene rings is 1. The fourth-order valence-electron chi connectivity index (χ4n) is 2.53. The predicted octanol–water partition coefficient (Wildman–Crippen LogP) is 3.05. The molecule has 1 aliphatic rings. The van der Waals surface area contributed by atoms with Crippen molar-refractivity contribution in [2.24, 2.45) is 5.92 Å². The molecule has 0 bridgehead atoms. The minimum Gasteiger partial charge on any atom is -0.481 e. The third-order valence-corrected chi connectivity index (χ3v) is 3.31. The smallest absolute Gasteiger partial charge is 0.307 e. The van der Waals surface area contributed by atoms with Crippen LogP contribution in [0.15, 0.2) is 30.3 Å². The molecule has 1 saturated carbocycles. The van der Waals surface area contributed by atoms with Crippen LogP contribution >= 0.6 is 0 Å². The van der Waals surface area contributed by atoms with Gasteiger partial charge in [0.2, 0.25) is 0 Å². The highest BCUT2D eigenvalue weighted by atomic mass is 16.4. The van der Waals surface area contributed by atoms with Gasteiger partial charge in [-0.1, -0.05) is 43.2 Å². The maximum atomic E-state index is 11.1. The van der Waals surface area contributed by atoms with E-state index >= 15 is 0 Å². The lowest BCUT2D eigenvalue weighted by Gasteiger charge is -2.28. The van der Waals surface area contributed by atoms with E-state index in [0.29, 0.717) is 0 Å². The van der Waals surface area contributed by atoms with Crippen molar-refractivity contribution < 1.29 is 9.90 Å². The summed E-state index contributed by atoms with van der Waals surface area (Å²) < 4.78 is 0. The molecule has 1 fully saturated rings. The molecule has 1 aliphatic carbocycles. The van der Waals surface area contributed by atoms with Gasteiger partial charge in [0.15, 0.2) is 0 Å². The second-order valence-corrected chi connectivity index (χ2v) is 4.25. The lowest BCUT2D eigenvalue weighted by Crippen LogP contribution is -2.25. The summed E-state index contributed by atoms with van der Waals surface area (Å²) in [6.45, 7) is 0. The predicted molar refractivity (Wildman–Crippen MR) is 58.8 cm³/mol. The third-order valence-electron chi connectivity index (χ3n) is 3.31.